The van der Waals surface area contributed by atoms with Crippen LogP contribution in [-0.2, 0) is 0 Å². The molecule has 0 aliphatic rings. The highest BCUT2D eigenvalue weighted by Gasteiger charge is 2.37. The number of rotatable bonds is 9. The highest BCUT2D eigenvalue weighted by molar-refractivity contribution is 6.04. The van der Waals surface area contributed by atoms with Gasteiger partial charge in [-0.25, -0.2) is 0 Å². The molecule has 0 aliphatic heterocycles. The normalized spacial score (nSPS) is 12.9. The molecule has 2 N–H and O–H groups in total. The molecule has 0 saturated heterocycles. The van der Waals surface area contributed by atoms with Crippen molar-refractivity contribution < 1.29 is 0 Å². The quantitative estimate of drug-likeness (QED) is 0.434. The number of hydrogen-bond donors (Lipinski definition) is 2. The summed E-state index contributed by atoms with van der Waals surface area (Å²) >= 11 is 0. The summed E-state index contributed by atoms with van der Waals surface area (Å²) in [6, 6.07) is 0. The second-order valence-electron chi connectivity index (χ2n) is 3.80. The van der Waals surface area contributed by atoms with Crippen molar-refractivity contribution in [1.29, 1.82) is 0 Å². The van der Waals surface area contributed by atoms with E-state index in [1.807, 2.05) is 0 Å². The first kappa shape index (κ1) is 16.1. The Labute approximate surface area is 104 Å². The van der Waals surface area contributed by atoms with Gasteiger partial charge in [0.2, 0.25) is 0 Å². The largest absolute Gasteiger partial charge is 0.304 e. The van der Waals surface area contributed by atoms with Crippen LogP contribution in [0.5, 0.6) is 0 Å². The van der Waals surface area contributed by atoms with E-state index in [1.54, 1.807) is 0 Å². The first-order valence-corrected chi connectivity index (χ1v) is 7.60. The van der Waals surface area contributed by atoms with Gasteiger partial charge in [0.1, 0.15) is 0 Å². The van der Waals surface area contributed by atoms with Crippen LogP contribution in [0.1, 0.15) is 34.6 Å². The van der Waals surface area contributed by atoms with Crippen molar-refractivity contribution in [3.05, 3.63) is 0 Å². The van der Waals surface area contributed by atoms with Gasteiger partial charge in [-0.3, -0.25) is 15.1 Å². The van der Waals surface area contributed by atoms with E-state index in [0.29, 0.717) is 0 Å². The lowest BCUT2D eigenvalue weighted by Gasteiger charge is -2.50. The lowest BCUT2D eigenvalue weighted by molar-refractivity contribution is -0.0857. The molecule has 0 atom stereocenters. The Bertz CT molecular complexity index is 157. The summed E-state index contributed by atoms with van der Waals surface area (Å²) in [5, 5.41) is 3.63. The fourth-order valence-electron chi connectivity index (χ4n) is 2.44. The van der Waals surface area contributed by atoms with Gasteiger partial charge < -0.3 is 4.98 Å². The van der Waals surface area contributed by atoms with E-state index >= 15 is 0 Å². The summed E-state index contributed by atoms with van der Waals surface area (Å²) < 4.78 is 0. The summed E-state index contributed by atoms with van der Waals surface area (Å²) in [7, 11) is 0.978. The lowest BCUT2D eigenvalue weighted by atomic mass is 10.3. The van der Waals surface area contributed by atoms with Crippen LogP contribution in [0, 0.1) is 0 Å². The van der Waals surface area contributed by atoms with Gasteiger partial charge in [0, 0.05) is 0 Å². The second kappa shape index (κ2) is 8.19. The summed E-state index contributed by atoms with van der Waals surface area (Å²) in [5.41, 5.74) is 0. The molecule has 0 unspecified atom stereocenters. The maximum absolute atomic E-state index is 3.63. The maximum Gasteiger partial charge on any atom is 0.179 e. The second-order valence-corrected chi connectivity index (χ2v) is 4.30. The van der Waals surface area contributed by atoms with Gasteiger partial charge in [0.25, 0.3) is 0 Å². The Morgan fingerprint density at radius 3 is 1.44 bits per heavy atom. The van der Waals surface area contributed by atoms with Crippen LogP contribution >= 0.6 is 0 Å². The highest BCUT2D eigenvalue weighted by atomic mass is 28.2. The average molecular weight is 246 g/mol. The molecule has 0 aliphatic carbocycles. The van der Waals surface area contributed by atoms with Crippen LogP contribution in [0.15, 0.2) is 0 Å². The molecule has 0 aromatic carbocycles. The standard InChI is InChI=1S/C11H30N4Si/c1-6-12-11(13-16,14(7-2)8-3)15(9-4)10-5/h12-13H,6-10H2,1-5,16H3. The Balaban J connectivity index is 5.08. The van der Waals surface area contributed by atoms with E-state index in [4.69, 9.17) is 0 Å². The zero-order valence-electron chi connectivity index (χ0n) is 11.9. The SMILES string of the molecule is CCNC(N[SiH3])(N(CC)CC)N(CC)CC. The maximum atomic E-state index is 3.63. The van der Waals surface area contributed by atoms with Gasteiger partial charge in [0.05, 0.1) is 10.4 Å². The lowest BCUT2D eigenvalue weighted by Crippen LogP contribution is -2.75. The first-order valence-electron chi connectivity index (χ1n) is 6.60. The Kier molecular flexibility index (Phi) is 8.22. The van der Waals surface area contributed by atoms with Gasteiger partial charge in [-0.15, -0.1) is 0 Å². The predicted octanol–water partition coefficient (Wildman–Crippen LogP) is -0.239. The van der Waals surface area contributed by atoms with E-state index in [1.165, 1.54) is 0 Å². The summed E-state index contributed by atoms with van der Waals surface area (Å²) in [4.78, 5) is 8.51. The summed E-state index contributed by atoms with van der Waals surface area (Å²) in [5.74, 6) is -0.145. The summed E-state index contributed by atoms with van der Waals surface area (Å²) in [6.45, 7) is 16.2. The topological polar surface area (TPSA) is 30.5 Å². The van der Waals surface area contributed by atoms with Crippen molar-refractivity contribution in [3.8, 4) is 0 Å². The Morgan fingerprint density at radius 2 is 1.25 bits per heavy atom. The molecule has 0 aromatic rings. The van der Waals surface area contributed by atoms with Gasteiger partial charge in [-0.1, -0.05) is 34.6 Å². The Morgan fingerprint density at radius 1 is 0.875 bits per heavy atom. The fraction of sp³-hybridized carbons (Fsp3) is 1.00. The molecule has 16 heavy (non-hydrogen) atoms. The fourth-order valence-corrected chi connectivity index (χ4v) is 3.25. The Hall–Kier alpha value is 0.0569. The third-order valence-electron chi connectivity index (χ3n) is 3.21. The minimum atomic E-state index is -0.145. The van der Waals surface area contributed by atoms with Gasteiger partial charge in [-0.2, -0.15) is 0 Å². The third-order valence-corrected chi connectivity index (χ3v) is 3.91. The third kappa shape index (κ3) is 3.27. The van der Waals surface area contributed by atoms with Gasteiger partial charge >= 0.3 is 0 Å². The molecule has 0 aromatic heterocycles. The summed E-state index contributed by atoms with van der Waals surface area (Å²) in [6.07, 6.45) is 0. The van der Waals surface area contributed by atoms with E-state index in [2.05, 4.69) is 54.7 Å². The number of nitrogens with zero attached hydrogens (tertiary/aromatic N) is 2. The molecule has 4 nitrogen and oxygen atoms in total. The van der Waals surface area contributed by atoms with Gasteiger partial charge in [0.15, 0.2) is 5.91 Å². The van der Waals surface area contributed by atoms with Crippen molar-refractivity contribution in [3.63, 3.8) is 0 Å². The zero-order chi connectivity index (χ0) is 12.6. The van der Waals surface area contributed by atoms with Crippen LogP contribution < -0.4 is 10.3 Å². The first-order chi connectivity index (χ1) is 7.66. The minimum absolute atomic E-state index is 0.145. The van der Waals surface area contributed by atoms with Crippen molar-refractivity contribution in [2.24, 2.45) is 0 Å². The van der Waals surface area contributed by atoms with E-state index in [9.17, 15) is 0 Å². The number of hydrogen-bond acceptors (Lipinski definition) is 4. The zero-order valence-corrected chi connectivity index (χ0v) is 13.9. The van der Waals surface area contributed by atoms with Crippen LogP contribution in [0.3, 0.4) is 0 Å². The van der Waals surface area contributed by atoms with E-state index < -0.39 is 0 Å². The smallest absolute Gasteiger partial charge is 0.179 e. The van der Waals surface area contributed by atoms with Crippen LogP contribution in [-0.4, -0.2) is 58.8 Å². The molecule has 0 radical (unpaired) electrons. The highest BCUT2D eigenvalue weighted by Crippen LogP contribution is 2.13. The predicted molar refractivity (Wildman–Crippen MR) is 75.3 cm³/mol. The van der Waals surface area contributed by atoms with Crippen LogP contribution in [0.2, 0.25) is 0 Å². The van der Waals surface area contributed by atoms with Crippen LogP contribution in [0.25, 0.3) is 0 Å². The number of nitrogens with one attached hydrogen (secondary N) is 2. The molecule has 0 saturated carbocycles. The monoisotopic (exact) mass is 246 g/mol. The minimum Gasteiger partial charge on any atom is -0.304 e. The average Bonchev–Trinajstić information content (AvgIpc) is 2.31. The molecule has 0 fully saturated rings. The van der Waals surface area contributed by atoms with E-state index in [0.717, 1.165) is 43.1 Å². The molecule has 0 bridgehead atoms. The molecule has 0 spiro atoms. The van der Waals surface area contributed by atoms with Crippen molar-refractivity contribution in [1.82, 2.24) is 20.1 Å². The van der Waals surface area contributed by atoms with Crippen molar-refractivity contribution in [2.45, 2.75) is 40.5 Å². The van der Waals surface area contributed by atoms with E-state index in [-0.39, 0.29) is 5.91 Å². The molecule has 0 heterocycles. The molecule has 5 heteroatoms. The van der Waals surface area contributed by atoms with Crippen LogP contribution in [0.4, 0.5) is 0 Å². The molecule has 98 valence electrons. The molecule has 0 amide bonds. The van der Waals surface area contributed by atoms with Crippen molar-refractivity contribution >= 4 is 10.4 Å². The molecular weight excluding hydrogens is 216 g/mol. The molecule has 0 rings (SSSR count). The van der Waals surface area contributed by atoms with Crippen molar-refractivity contribution in [2.75, 3.05) is 32.7 Å². The van der Waals surface area contributed by atoms with Gasteiger partial charge in [-0.05, 0) is 32.7 Å². The molecular formula is C11H30N4Si.